The van der Waals surface area contributed by atoms with Crippen molar-refractivity contribution in [3.8, 4) is 11.4 Å². The maximum atomic E-state index is 6.23. The minimum Gasteiger partial charge on any atom is -0.373 e. The van der Waals surface area contributed by atoms with Gasteiger partial charge in [0.05, 0.1) is 10.5 Å². The first kappa shape index (κ1) is 14.4. The zero-order valence-corrected chi connectivity index (χ0v) is 13.3. The maximum absolute atomic E-state index is 6.23. The molecule has 0 radical (unpaired) electrons. The van der Waals surface area contributed by atoms with Gasteiger partial charge in [-0.05, 0) is 36.4 Å². The highest BCUT2D eigenvalue weighted by molar-refractivity contribution is 6.36. The summed E-state index contributed by atoms with van der Waals surface area (Å²) in [6, 6.07) is 10.7. The molecule has 0 aliphatic heterocycles. The Bertz CT molecular complexity index is 834. The smallest absolute Gasteiger partial charge is 0.163 e. The van der Waals surface area contributed by atoms with Crippen LogP contribution in [0.2, 0.25) is 15.1 Å². The molecule has 0 aliphatic rings. The fourth-order valence-corrected chi connectivity index (χ4v) is 2.74. The van der Waals surface area contributed by atoms with Crippen LogP contribution in [0.3, 0.4) is 0 Å². The molecule has 0 saturated heterocycles. The summed E-state index contributed by atoms with van der Waals surface area (Å²) in [6.07, 6.45) is 0. The summed E-state index contributed by atoms with van der Waals surface area (Å²) in [5, 5.41) is 5.66. The molecule has 0 fully saturated rings. The first-order chi connectivity index (χ1) is 10.1. The molecule has 0 amide bonds. The normalized spacial score (nSPS) is 10.9. The Morgan fingerprint density at radius 1 is 0.905 bits per heavy atom. The van der Waals surface area contributed by atoms with E-state index in [1.807, 2.05) is 19.2 Å². The van der Waals surface area contributed by atoms with Crippen molar-refractivity contribution in [2.24, 2.45) is 0 Å². The fraction of sp³-hybridized carbons (Fsp3) is 0.0667. The SMILES string of the molecule is CNc1nc(-c2ccc(Cl)cc2Cl)nc2cc(Cl)ccc12. The van der Waals surface area contributed by atoms with E-state index in [-0.39, 0.29) is 0 Å². The molecule has 0 aliphatic carbocycles. The molecule has 0 saturated carbocycles. The molecule has 21 heavy (non-hydrogen) atoms. The van der Waals surface area contributed by atoms with Crippen LogP contribution < -0.4 is 5.32 Å². The van der Waals surface area contributed by atoms with Crippen molar-refractivity contribution >= 4 is 51.5 Å². The molecule has 3 nitrogen and oxygen atoms in total. The summed E-state index contributed by atoms with van der Waals surface area (Å²) >= 11 is 18.2. The molecule has 1 heterocycles. The molecule has 6 heteroatoms. The van der Waals surface area contributed by atoms with Crippen molar-refractivity contribution < 1.29 is 0 Å². The third-order valence-electron chi connectivity index (χ3n) is 3.07. The highest BCUT2D eigenvalue weighted by Crippen LogP contribution is 2.31. The molecule has 2 aromatic carbocycles. The summed E-state index contributed by atoms with van der Waals surface area (Å²) in [7, 11) is 1.81. The lowest BCUT2D eigenvalue weighted by atomic mass is 10.2. The predicted octanol–water partition coefficient (Wildman–Crippen LogP) is 5.30. The number of aromatic nitrogens is 2. The van der Waals surface area contributed by atoms with Gasteiger partial charge in [-0.1, -0.05) is 34.8 Å². The Balaban J connectivity index is 2.27. The lowest BCUT2D eigenvalue weighted by Gasteiger charge is -2.09. The number of halogens is 3. The number of hydrogen-bond donors (Lipinski definition) is 1. The molecular formula is C15H10Cl3N3. The third kappa shape index (κ3) is 2.77. The summed E-state index contributed by atoms with van der Waals surface area (Å²) in [5.74, 6) is 1.24. The van der Waals surface area contributed by atoms with Gasteiger partial charge in [0.2, 0.25) is 0 Å². The molecule has 0 bridgehead atoms. The third-order valence-corrected chi connectivity index (χ3v) is 3.85. The molecule has 106 valence electrons. The van der Waals surface area contributed by atoms with Crippen molar-refractivity contribution in [2.45, 2.75) is 0 Å². The van der Waals surface area contributed by atoms with Gasteiger partial charge in [0, 0.05) is 28.0 Å². The van der Waals surface area contributed by atoms with Crippen molar-refractivity contribution in [3.63, 3.8) is 0 Å². The van der Waals surface area contributed by atoms with Crippen LogP contribution in [0.4, 0.5) is 5.82 Å². The maximum Gasteiger partial charge on any atom is 0.163 e. The molecule has 3 aromatic rings. The van der Waals surface area contributed by atoms with Crippen molar-refractivity contribution in [2.75, 3.05) is 12.4 Å². The number of rotatable bonds is 2. The molecule has 1 N–H and O–H groups in total. The lowest BCUT2D eigenvalue weighted by molar-refractivity contribution is 1.21. The van der Waals surface area contributed by atoms with Gasteiger partial charge in [0.25, 0.3) is 0 Å². The van der Waals surface area contributed by atoms with Crippen LogP contribution in [-0.2, 0) is 0 Å². The van der Waals surface area contributed by atoms with E-state index in [9.17, 15) is 0 Å². The number of nitrogens with one attached hydrogen (secondary N) is 1. The van der Waals surface area contributed by atoms with Gasteiger partial charge in [-0.15, -0.1) is 0 Å². The van der Waals surface area contributed by atoms with E-state index in [0.29, 0.717) is 20.9 Å². The lowest BCUT2D eigenvalue weighted by Crippen LogP contribution is -1.99. The van der Waals surface area contributed by atoms with Crippen LogP contribution in [0.15, 0.2) is 36.4 Å². The average Bonchev–Trinajstić information content (AvgIpc) is 2.45. The number of benzene rings is 2. The Hall–Kier alpha value is -1.55. The van der Waals surface area contributed by atoms with Gasteiger partial charge in [-0.3, -0.25) is 0 Å². The second-order valence-electron chi connectivity index (χ2n) is 4.43. The first-order valence-electron chi connectivity index (χ1n) is 6.19. The largest absolute Gasteiger partial charge is 0.373 e. The standard InChI is InChI=1S/C15H10Cl3N3/c1-19-14-11-5-3-9(17)7-13(11)20-15(21-14)10-4-2-8(16)6-12(10)18/h2-7H,1H3,(H,19,20,21). The number of anilines is 1. The van der Waals surface area contributed by atoms with Gasteiger partial charge < -0.3 is 5.32 Å². The van der Waals surface area contributed by atoms with Crippen LogP contribution in [0, 0.1) is 0 Å². The van der Waals surface area contributed by atoms with E-state index >= 15 is 0 Å². The summed E-state index contributed by atoms with van der Waals surface area (Å²) in [4.78, 5) is 9.06. The zero-order chi connectivity index (χ0) is 15.0. The first-order valence-corrected chi connectivity index (χ1v) is 7.32. The van der Waals surface area contributed by atoms with Crippen molar-refractivity contribution in [3.05, 3.63) is 51.5 Å². The van der Waals surface area contributed by atoms with Crippen LogP contribution >= 0.6 is 34.8 Å². The van der Waals surface area contributed by atoms with E-state index in [4.69, 9.17) is 34.8 Å². The van der Waals surface area contributed by atoms with E-state index < -0.39 is 0 Å². The second-order valence-corrected chi connectivity index (χ2v) is 5.71. The Kier molecular flexibility index (Phi) is 3.89. The minimum atomic E-state index is 0.505. The monoisotopic (exact) mass is 337 g/mol. The molecule has 1 aromatic heterocycles. The Labute approximate surface area is 136 Å². The van der Waals surface area contributed by atoms with Gasteiger partial charge in [0.15, 0.2) is 5.82 Å². The molecule has 0 spiro atoms. The van der Waals surface area contributed by atoms with Crippen LogP contribution in [0.25, 0.3) is 22.3 Å². The molecule has 0 atom stereocenters. The van der Waals surface area contributed by atoms with Gasteiger partial charge in [0.1, 0.15) is 5.82 Å². The van der Waals surface area contributed by atoms with E-state index in [1.165, 1.54) is 0 Å². The van der Waals surface area contributed by atoms with Gasteiger partial charge >= 0.3 is 0 Å². The highest BCUT2D eigenvalue weighted by Gasteiger charge is 2.12. The second kappa shape index (κ2) is 5.68. The van der Waals surface area contributed by atoms with Crippen LogP contribution in [-0.4, -0.2) is 17.0 Å². The number of nitrogens with zero attached hydrogens (tertiary/aromatic N) is 2. The average molecular weight is 339 g/mol. The summed E-state index contributed by atoms with van der Waals surface area (Å²) < 4.78 is 0. The van der Waals surface area contributed by atoms with E-state index in [1.54, 1.807) is 24.3 Å². The van der Waals surface area contributed by atoms with Crippen LogP contribution in [0.5, 0.6) is 0 Å². The Morgan fingerprint density at radius 2 is 1.62 bits per heavy atom. The predicted molar refractivity (Wildman–Crippen MR) is 89.6 cm³/mol. The minimum absolute atomic E-state index is 0.505. The van der Waals surface area contributed by atoms with Crippen molar-refractivity contribution in [1.82, 2.24) is 9.97 Å². The summed E-state index contributed by atoms with van der Waals surface area (Å²) in [5.41, 5.74) is 1.47. The van der Waals surface area contributed by atoms with Crippen LogP contribution in [0.1, 0.15) is 0 Å². The van der Waals surface area contributed by atoms with E-state index in [0.717, 1.165) is 22.3 Å². The number of fused-ring (bicyclic) bond motifs is 1. The Morgan fingerprint density at radius 3 is 2.33 bits per heavy atom. The van der Waals surface area contributed by atoms with Gasteiger partial charge in [-0.25, -0.2) is 9.97 Å². The fourth-order valence-electron chi connectivity index (χ4n) is 2.08. The summed E-state index contributed by atoms with van der Waals surface area (Å²) in [6.45, 7) is 0. The number of hydrogen-bond acceptors (Lipinski definition) is 3. The highest BCUT2D eigenvalue weighted by atomic mass is 35.5. The van der Waals surface area contributed by atoms with E-state index in [2.05, 4.69) is 15.3 Å². The van der Waals surface area contributed by atoms with Gasteiger partial charge in [-0.2, -0.15) is 0 Å². The topological polar surface area (TPSA) is 37.8 Å². The molecule has 3 rings (SSSR count). The molecular weight excluding hydrogens is 329 g/mol. The zero-order valence-electron chi connectivity index (χ0n) is 11.0. The molecule has 0 unspecified atom stereocenters. The quantitative estimate of drug-likeness (QED) is 0.689. The van der Waals surface area contributed by atoms with Crippen molar-refractivity contribution in [1.29, 1.82) is 0 Å².